The van der Waals surface area contributed by atoms with Gasteiger partial charge >= 0.3 is 0 Å². The van der Waals surface area contributed by atoms with Crippen LogP contribution in [0.1, 0.15) is 11.3 Å². The first-order valence-corrected chi connectivity index (χ1v) is 9.31. The average molecular weight is 412 g/mol. The van der Waals surface area contributed by atoms with E-state index in [4.69, 9.17) is 4.42 Å². The number of fused-ring (bicyclic) bond motifs is 1. The summed E-state index contributed by atoms with van der Waals surface area (Å²) in [6.45, 7) is 2.06. The second-order valence-corrected chi connectivity index (χ2v) is 7.43. The van der Waals surface area contributed by atoms with Crippen molar-refractivity contribution in [2.24, 2.45) is 5.10 Å². The summed E-state index contributed by atoms with van der Waals surface area (Å²) in [5, 5.41) is 4.97. The summed E-state index contributed by atoms with van der Waals surface area (Å²) in [6, 6.07) is 18.0. The number of rotatable bonds is 4. The van der Waals surface area contributed by atoms with Crippen molar-refractivity contribution in [1.29, 1.82) is 0 Å². The van der Waals surface area contributed by atoms with E-state index < -0.39 is 0 Å². The van der Waals surface area contributed by atoms with E-state index in [0.29, 0.717) is 5.76 Å². The van der Waals surface area contributed by atoms with E-state index in [1.807, 2.05) is 42.5 Å². The highest BCUT2D eigenvalue weighted by atomic mass is 79.9. The van der Waals surface area contributed by atoms with E-state index >= 15 is 0 Å². The molecule has 4 aromatic rings. The number of hydrazone groups is 1. The van der Waals surface area contributed by atoms with Crippen LogP contribution in [0, 0.1) is 6.92 Å². The Morgan fingerprint density at radius 1 is 1.16 bits per heavy atom. The van der Waals surface area contributed by atoms with E-state index in [1.54, 1.807) is 17.6 Å². The Bertz CT molecular complexity index is 1030. The van der Waals surface area contributed by atoms with Crippen LogP contribution in [-0.2, 0) is 0 Å². The molecule has 4 rings (SSSR count). The van der Waals surface area contributed by atoms with E-state index in [1.165, 1.54) is 5.56 Å². The number of benzene rings is 2. The number of para-hydroxylation sites is 1. The number of aromatic nitrogens is 1. The number of furan rings is 1. The quantitative estimate of drug-likeness (QED) is 0.327. The van der Waals surface area contributed by atoms with E-state index in [9.17, 15) is 0 Å². The number of hydrogen-bond acceptors (Lipinski definition) is 5. The minimum Gasteiger partial charge on any atom is -0.455 e. The lowest BCUT2D eigenvalue weighted by Gasteiger charge is -2.01. The molecule has 0 spiro atoms. The smallest absolute Gasteiger partial charge is 0.204 e. The topological polar surface area (TPSA) is 50.4 Å². The zero-order valence-corrected chi connectivity index (χ0v) is 15.8. The number of hydrogen-bond donors (Lipinski definition) is 1. The Labute approximate surface area is 157 Å². The van der Waals surface area contributed by atoms with Gasteiger partial charge in [-0.1, -0.05) is 45.5 Å². The van der Waals surface area contributed by atoms with Gasteiger partial charge in [-0.15, -0.1) is 0 Å². The first-order chi connectivity index (χ1) is 12.2. The molecule has 0 fully saturated rings. The van der Waals surface area contributed by atoms with Crippen LogP contribution in [-0.4, -0.2) is 11.2 Å². The molecule has 0 aliphatic carbocycles. The number of halogens is 1. The zero-order valence-electron chi connectivity index (χ0n) is 13.4. The molecule has 25 heavy (non-hydrogen) atoms. The summed E-state index contributed by atoms with van der Waals surface area (Å²) >= 11 is 5.15. The summed E-state index contributed by atoms with van der Waals surface area (Å²) < 4.78 is 7.99. The third-order valence-electron chi connectivity index (χ3n) is 3.66. The first-order valence-electron chi connectivity index (χ1n) is 7.70. The second-order valence-electron chi connectivity index (χ2n) is 5.54. The third kappa shape index (κ3) is 3.50. The SMILES string of the molecule is Cc1ccc(-c2ccc(C=NNc3nc4ccccc4s3)o2)c(Br)c1. The van der Waals surface area contributed by atoms with Crippen LogP contribution in [0.2, 0.25) is 0 Å². The number of aryl methyl sites for hydroxylation is 1. The Balaban J connectivity index is 1.49. The van der Waals surface area contributed by atoms with Crippen LogP contribution >= 0.6 is 27.3 Å². The molecule has 4 nitrogen and oxygen atoms in total. The fraction of sp³-hybridized carbons (Fsp3) is 0.0526. The molecule has 124 valence electrons. The van der Waals surface area contributed by atoms with Gasteiger partial charge in [0.05, 0.1) is 16.4 Å². The van der Waals surface area contributed by atoms with Crippen molar-refractivity contribution in [3.63, 3.8) is 0 Å². The summed E-state index contributed by atoms with van der Waals surface area (Å²) in [4.78, 5) is 4.47. The van der Waals surface area contributed by atoms with E-state index in [-0.39, 0.29) is 0 Å². The van der Waals surface area contributed by atoms with Crippen LogP contribution in [0.4, 0.5) is 5.13 Å². The molecule has 0 aliphatic heterocycles. The summed E-state index contributed by atoms with van der Waals surface area (Å²) in [5.41, 5.74) is 6.14. The maximum absolute atomic E-state index is 5.85. The van der Waals surface area contributed by atoms with Gasteiger partial charge in [-0.2, -0.15) is 5.10 Å². The van der Waals surface area contributed by atoms with Gasteiger partial charge in [0.1, 0.15) is 11.5 Å². The first kappa shape index (κ1) is 16.1. The second kappa shape index (κ2) is 6.82. The molecule has 0 saturated carbocycles. The largest absolute Gasteiger partial charge is 0.455 e. The van der Waals surface area contributed by atoms with Gasteiger partial charge in [0.2, 0.25) is 5.13 Å². The van der Waals surface area contributed by atoms with Crippen molar-refractivity contribution < 1.29 is 4.42 Å². The van der Waals surface area contributed by atoms with Crippen molar-refractivity contribution in [1.82, 2.24) is 4.98 Å². The van der Waals surface area contributed by atoms with Gasteiger partial charge in [0, 0.05) is 10.0 Å². The lowest BCUT2D eigenvalue weighted by molar-refractivity contribution is 0.574. The van der Waals surface area contributed by atoms with Crippen LogP contribution in [0.3, 0.4) is 0 Å². The molecule has 0 radical (unpaired) electrons. The summed E-state index contributed by atoms with van der Waals surface area (Å²) in [5.74, 6) is 1.48. The highest BCUT2D eigenvalue weighted by Crippen LogP contribution is 2.30. The van der Waals surface area contributed by atoms with Gasteiger partial charge in [0.15, 0.2) is 0 Å². The van der Waals surface area contributed by atoms with Crippen molar-refractivity contribution >= 4 is 48.8 Å². The molecule has 0 saturated heterocycles. The van der Waals surface area contributed by atoms with Crippen LogP contribution in [0.5, 0.6) is 0 Å². The number of nitrogens with one attached hydrogen (secondary N) is 1. The molecule has 0 amide bonds. The van der Waals surface area contributed by atoms with Crippen molar-refractivity contribution in [3.05, 3.63) is 70.4 Å². The zero-order chi connectivity index (χ0) is 17.2. The third-order valence-corrected chi connectivity index (χ3v) is 5.26. The minimum absolute atomic E-state index is 0.677. The molecule has 0 bridgehead atoms. The summed E-state index contributed by atoms with van der Waals surface area (Å²) in [6.07, 6.45) is 1.65. The van der Waals surface area contributed by atoms with Crippen LogP contribution in [0.25, 0.3) is 21.5 Å². The van der Waals surface area contributed by atoms with Crippen molar-refractivity contribution in [2.75, 3.05) is 5.43 Å². The van der Waals surface area contributed by atoms with Gasteiger partial charge in [0.25, 0.3) is 0 Å². The fourth-order valence-electron chi connectivity index (χ4n) is 2.46. The Hall–Kier alpha value is -2.44. The van der Waals surface area contributed by atoms with E-state index in [2.05, 4.69) is 50.5 Å². The minimum atomic E-state index is 0.677. The lowest BCUT2D eigenvalue weighted by atomic mass is 10.1. The Morgan fingerprint density at radius 3 is 2.88 bits per heavy atom. The average Bonchev–Trinajstić information content (AvgIpc) is 3.21. The fourth-order valence-corrected chi connectivity index (χ4v) is 3.96. The van der Waals surface area contributed by atoms with Crippen LogP contribution < -0.4 is 5.43 Å². The van der Waals surface area contributed by atoms with Crippen molar-refractivity contribution in [3.8, 4) is 11.3 Å². The molecular formula is C19H14BrN3OS. The monoisotopic (exact) mass is 411 g/mol. The highest BCUT2D eigenvalue weighted by Gasteiger charge is 2.08. The molecule has 0 unspecified atom stereocenters. The molecule has 0 aliphatic rings. The van der Waals surface area contributed by atoms with Crippen LogP contribution in [0.15, 0.2) is 68.6 Å². The lowest BCUT2D eigenvalue weighted by Crippen LogP contribution is -1.88. The predicted molar refractivity (Wildman–Crippen MR) is 107 cm³/mol. The number of nitrogens with zero attached hydrogens (tertiary/aromatic N) is 2. The normalized spacial score (nSPS) is 11.4. The molecule has 0 atom stereocenters. The van der Waals surface area contributed by atoms with Gasteiger partial charge < -0.3 is 4.42 Å². The predicted octanol–water partition coefficient (Wildman–Crippen LogP) is 6.07. The molecule has 6 heteroatoms. The van der Waals surface area contributed by atoms with E-state index in [0.717, 1.165) is 31.1 Å². The standard InChI is InChI=1S/C19H14BrN3OS/c1-12-6-8-14(15(20)10-12)17-9-7-13(24-17)11-21-23-19-22-16-4-2-3-5-18(16)25-19/h2-11H,1H3,(H,22,23). The molecule has 1 N–H and O–H groups in total. The van der Waals surface area contributed by atoms with Gasteiger partial charge in [-0.3, -0.25) is 5.43 Å². The van der Waals surface area contributed by atoms with Crippen molar-refractivity contribution in [2.45, 2.75) is 6.92 Å². The molecule has 2 aromatic carbocycles. The molecule has 2 heterocycles. The maximum Gasteiger partial charge on any atom is 0.204 e. The number of anilines is 1. The highest BCUT2D eigenvalue weighted by molar-refractivity contribution is 9.10. The van der Waals surface area contributed by atoms with Gasteiger partial charge in [-0.25, -0.2) is 4.98 Å². The van der Waals surface area contributed by atoms with Gasteiger partial charge in [-0.05, 0) is 48.9 Å². The Kier molecular flexibility index (Phi) is 4.38. The maximum atomic E-state index is 5.85. The molecular weight excluding hydrogens is 398 g/mol. The summed E-state index contributed by atoms with van der Waals surface area (Å²) in [7, 11) is 0. The molecule has 2 aromatic heterocycles. The number of thiazole rings is 1. The Morgan fingerprint density at radius 2 is 2.04 bits per heavy atom.